The molecule has 0 spiro atoms. The number of hydrogen-bond acceptors (Lipinski definition) is 3. The van der Waals surface area contributed by atoms with Crippen LogP contribution in [0.5, 0.6) is 0 Å². The fourth-order valence-electron chi connectivity index (χ4n) is 5.86. The molecule has 3 aromatic rings. The standard InChI is InChI=1S/C25H24F5N5O/c1-33-23(14-7-15(26)9-16(27)8-14)18-10-17-3-2-4-20(22(18)31-33)35(17)24(36)19-11-34(12-25(28,29)30)32-21(19)13-5-6-13/h7-9,11,13,17,20H,2-6,10,12H2,1H3/t17-,20+/m1/s1. The molecule has 3 aliphatic rings. The number of halogens is 5. The highest BCUT2D eigenvalue weighted by Crippen LogP contribution is 2.47. The Morgan fingerprint density at radius 3 is 2.42 bits per heavy atom. The van der Waals surface area contributed by atoms with Crippen molar-refractivity contribution in [2.24, 2.45) is 7.05 Å². The third kappa shape index (κ3) is 3.98. The second kappa shape index (κ2) is 8.14. The highest BCUT2D eigenvalue weighted by atomic mass is 19.4. The average molecular weight is 505 g/mol. The second-order valence-electron chi connectivity index (χ2n) is 10.0. The van der Waals surface area contributed by atoms with Crippen molar-refractivity contribution in [3.05, 3.63) is 58.5 Å². The van der Waals surface area contributed by atoms with Crippen LogP contribution in [0.25, 0.3) is 11.3 Å². The largest absolute Gasteiger partial charge is 0.408 e. The van der Waals surface area contributed by atoms with E-state index in [1.54, 1.807) is 16.6 Å². The summed E-state index contributed by atoms with van der Waals surface area (Å²) < 4.78 is 69.5. The third-order valence-corrected chi connectivity index (χ3v) is 7.37. The van der Waals surface area contributed by atoms with Crippen molar-refractivity contribution in [1.82, 2.24) is 24.5 Å². The summed E-state index contributed by atoms with van der Waals surface area (Å²) in [6.07, 6.45) is 1.10. The molecule has 0 radical (unpaired) electrons. The van der Waals surface area contributed by atoms with Gasteiger partial charge in [-0.15, -0.1) is 0 Å². The molecule has 4 heterocycles. The first-order valence-electron chi connectivity index (χ1n) is 12.1. The molecular formula is C25H24F5N5O. The number of piperidine rings is 1. The van der Waals surface area contributed by atoms with Crippen molar-refractivity contribution in [3.8, 4) is 11.3 Å². The van der Waals surface area contributed by atoms with E-state index < -0.39 is 24.4 Å². The van der Waals surface area contributed by atoms with Gasteiger partial charge in [0.05, 0.1) is 28.7 Å². The van der Waals surface area contributed by atoms with E-state index >= 15 is 0 Å². The number of amides is 1. The van der Waals surface area contributed by atoms with E-state index in [4.69, 9.17) is 0 Å². The predicted octanol–water partition coefficient (Wildman–Crippen LogP) is 5.29. The molecule has 6 nitrogen and oxygen atoms in total. The molecule has 0 N–H and O–H groups in total. The molecule has 2 atom stereocenters. The first kappa shape index (κ1) is 23.2. The van der Waals surface area contributed by atoms with Gasteiger partial charge in [-0.25, -0.2) is 8.78 Å². The average Bonchev–Trinajstić information content (AvgIpc) is 3.46. The Morgan fingerprint density at radius 1 is 1.03 bits per heavy atom. The van der Waals surface area contributed by atoms with Gasteiger partial charge < -0.3 is 4.90 Å². The molecule has 1 saturated heterocycles. The van der Waals surface area contributed by atoms with Crippen LogP contribution in [0, 0.1) is 11.6 Å². The van der Waals surface area contributed by atoms with Gasteiger partial charge in [0, 0.05) is 42.4 Å². The number of hydrogen-bond donors (Lipinski definition) is 0. The van der Waals surface area contributed by atoms with Crippen LogP contribution in [0.3, 0.4) is 0 Å². The molecule has 36 heavy (non-hydrogen) atoms. The van der Waals surface area contributed by atoms with Crippen LogP contribution < -0.4 is 0 Å². The van der Waals surface area contributed by atoms with Crippen LogP contribution in [0.1, 0.15) is 71.4 Å². The molecule has 2 bridgehead atoms. The fraction of sp³-hybridized carbons (Fsp3) is 0.480. The smallest absolute Gasteiger partial charge is 0.327 e. The zero-order valence-corrected chi connectivity index (χ0v) is 19.5. The minimum Gasteiger partial charge on any atom is -0.327 e. The minimum atomic E-state index is -4.44. The quantitative estimate of drug-likeness (QED) is 0.453. The van der Waals surface area contributed by atoms with E-state index in [1.807, 2.05) is 0 Å². The summed E-state index contributed by atoms with van der Waals surface area (Å²) in [5.41, 5.74) is 3.19. The van der Waals surface area contributed by atoms with Crippen molar-refractivity contribution in [2.75, 3.05) is 0 Å². The van der Waals surface area contributed by atoms with Gasteiger partial charge in [0.2, 0.25) is 0 Å². The number of carbonyl (C=O) groups excluding carboxylic acids is 1. The van der Waals surface area contributed by atoms with Crippen LogP contribution in [-0.4, -0.2) is 42.6 Å². The Balaban J connectivity index is 1.39. The van der Waals surface area contributed by atoms with E-state index in [1.165, 1.54) is 18.3 Å². The van der Waals surface area contributed by atoms with E-state index in [0.717, 1.165) is 42.0 Å². The molecule has 11 heteroatoms. The van der Waals surface area contributed by atoms with Crippen LogP contribution in [0.15, 0.2) is 24.4 Å². The number of rotatable bonds is 4. The van der Waals surface area contributed by atoms with Crippen molar-refractivity contribution < 1.29 is 26.7 Å². The van der Waals surface area contributed by atoms with Gasteiger partial charge in [-0.05, 0) is 50.7 Å². The number of aromatic nitrogens is 4. The van der Waals surface area contributed by atoms with Gasteiger partial charge in [0.1, 0.15) is 18.2 Å². The maximum Gasteiger partial charge on any atom is 0.408 e. The lowest BCUT2D eigenvalue weighted by molar-refractivity contribution is -0.142. The Morgan fingerprint density at radius 2 is 1.75 bits per heavy atom. The van der Waals surface area contributed by atoms with E-state index in [-0.39, 0.29) is 29.5 Å². The van der Waals surface area contributed by atoms with E-state index in [2.05, 4.69) is 10.2 Å². The van der Waals surface area contributed by atoms with E-state index in [0.29, 0.717) is 35.5 Å². The predicted molar refractivity (Wildman–Crippen MR) is 119 cm³/mol. The molecule has 6 rings (SSSR count). The maximum absolute atomic E-state index is 14.0. The van der Waals surface area contributed by atoms with Crippen LogP contribution in [0.2, 0.25) is 0 Å². The normalized spacial score (nSPS) is 21.6. The van der Waals surface area contributed by atoms with Crippen molar-refractivity contribution in [3.63, 3.8) is 0 Å². The molecule has 1 aliphatic carbocycles. The summed E-state index contributed by atoms with van der Waals surface area (Å²) in [6, 6.07) is 2.80. The van der Waals surface area contributed by atoms with Gasteiger partial charge in [0.15, 0.2) is 0 Å². The van der Waals surface area contributed by atoms with Gasteiger partial charge in [-0.2, -0.15) is 23.4 Å². The first-order valence-corrected chi connectivity index (χ1v) is 12.1. The van der Waals surface area contributed by atoms with Crippen molar-refractivity contribution in [2.45, 2.75) is 69.2 Å². The summed E-state index contributed by atoms with van der Waals surface area (Å²) in [6.45, 7) is -1.25. The SMILES string of the molecule is Cn1nc2c(c1-c1cc(F)cc(F)c1)C[C@H]1CCC[C@@H]2N1C(=O)c1cn(CC(F)(F)F)nc1C1CC1. The molecule has 190 valence electrons. The number of fused-ring (bicyclic) bond motifs is 4. The van der Waals surface area contributed by atoms with Gasteiger partial charge in [-0.3, -0.25) is 14.2 Å². The first-order chi connectivity index (χ1) is 17.1. The summed E-state index contributed by atoms with van der Waals surface area (Å²) in [5.74, 6) is -1.69. The monoisotopic (exact) mass is 505 g/mol. The fourth-order valence-corrected chi connectivity index (χ4v) is 5.86. The summed E-state index contributed by atoms with van der Waals surface area (Å²) in [5, 5.41) is 8.81. The van der Waals surface area contributed by atoms with Gasteiger partial charge >= 0.3 is 6.18 Å². The Hall–Kier alpha value is -3.24. The summed E-state index contributed by atoms with van der Waals surface area (Å²) in [4.78, 5) is 15.6. The highest BCUT2D eigenvalue weighted by Gasteiger charge is 2.45. The summed E-state index contributed by atoms with van der Waals surface area (Å²) >= 11 is 0. The Bertz CT molecular complexity index is 1340. The molecule has 1 saturated carbocycles. The van der Waals surface area contributed by atoms with Crippen LogP contribution in [0.4, 0.5) is 22.0 Å². The van der Waals surface area contributed by atoms with Crippen LogP contribution in [-0.2, 0) is 20.0 Å². The molecular weight excluding hydrogens is 481 g/mol. The number of nitrogens with zero attached hydrogens (tertiary/aromatic N) is 5. The summed E-state index contributed by atoms with van der Waals surface area (Å²) in [7, 11) is 1.71. The topological polar surface area (TPSA) is 56.0 Å². The molecule has 2 fully saturated rings. The second-order valence-corrected chi connectivity index (χ2v) is 10.0. The highest BCUT2D eigenvalue weighted by molar-refractivity contribution is 5.96. The van der Waals surface area contributed by atoms with Gasteiger partial charge in [0.25, 0.3) is 5.91 Å². The van der Waals surface area contributed by atoms with Crippen molar-refractivity contribution >= 4 is 5.91 Å². The zero-order chi connectivity index (χ0) is 25.4. The minimum absolute atomic E-state index is 0.00273. The lowest BCUT2D eigenvalue weighted by atomic mass is 9.81. The van der Waals surface area contributed by atoms with Gasteiger partial charge in [-0.1, -0.05) is 0 Å². The molecule has 1 aromatic carbocycles. The third-order valence-electron chi connectivity index (χ3n) is 7.37. The number of benzene rings is 1. The van der Waals surface area contributed by atoms with Crippen LogP contribution >= 0.6 is 0 Å². The molecule has 1 amide bonds. The lowest BCUT2D eigenvalue weighted by Crippen LogP contribution is -2.50. The maximum atomic E-state index is 14.0. The van der Waals surface area contributed by atoms with E-state index in [9.17, 15) is 26.7 Å². The zero-order valence-electron chi connectivity index (χ0n) is 19.5. The molecule has 2 aromatic heterocycles. The Kier molecular flexibility index (Phi) is 5.24. The molecule has 2 aliphatic heterocycles. The number of alkyl halides is 3. The Labute approximate surface area is 203 Å². The lowest BCUT2D eigenvalue weighted by Gasteiger charge is -2.45. The number of carbonyl (C=O) groups is 1. The number of aryl methyl sites for hydroxylation is 1. The van der Waals surface area contributed by atoms with Crippen molar-refractivity contribution in [1.29, 1.82) is 0 Å². The molecule has 0 unspecified atom stereocenters.